The van der Waals surface area contributed by atoms with Gasteiger partial charge in [0.1, 0.15) is 0 Å². The number of pyridine rings is 1. The predicted octanol–water partition coefficient (Wildman–Crippen LogP) is 4.12. The third-order valence-corrected chi connectivity index (χ3v) is 8.73. The minimum Gasteiger partial charge on any atom is -0.348 e. The van der Waals surface area contributed by atoms with E-state index in [4.69, 9.17) is 0 Å². The number of nitrogens with zero attached hydrogens (tertiary/aromatic N) is 2. The minimum atomic E-state index is -4.22. The van der Waals surface area contributed by atoms with Gasteiger partial charge in [-0.1, -0.05) is 18.2 Å². The molecule has 3 aromatic rings. The molecule has 4 rings (SSSR count). The van der Waals surface area contributed by atoms with Gasteiger partial charge in [-0.3, -0.25) is 14.5 Å². The van der Waals surface area contributed by atoms with E-state index < -0.39 is 34.0 Å². The van der Waals surface area contributed by atoms with Crippen LogP contribution >= 0.6 is 0 Å². The van der Waals surface area contributed by atoms with Gasteiger partial charge in [-0.25, -0.2) is 8.42 Å². The molecule has 1 aromatic carbocycles. The fourth-order valence-electron chi connectivity index (χ4n) is 5.70. The van der Waals surface area contributed by atoms with Gasteiger partial charge >= 0.3 is 6.18 Å². The lowest BCUT2D eigenvalue weighted by molar-refractivity contribution is -0.149. The zero-order chi connectivity index (χ0) is 28.7. The number of alkyl halides is 3. The maximum absolute atomic E-state index is 13.5. The average Bonchev–Trinajstić information content (AvgIpc) is 3.13. The minimum absolute atomic E-state index is 0.0446. The molecule has 0 radical (unpaired) electrons. The predicted molar refractivity (Wildman–Crippen MR) is 143 cm³/mol. The average molecular weight is 567 g/mol. The van der Waals surface area contributed by atoms with Gasteiger partial charge in [0.25, 0.3) is 11.5 Å². The van der Waals surface area contributed by atoms with Gasteiger partial charge < -0.3 is 14.9 Å². The molecule has 212 valence electrons. The fraction of sp³-hybridized carbons (Fsp3) is 0.481. The standard InChI is InChI=1S/C27H33F3N4O4S/c1-16-13-23(39(4,37)38)21(25(35)32-16)14-31-26(36)24-18(3)34(22-8-6-5-7-20(22)24)17(2)19-9-11-33(12-10-19)15-27(28,29)30/h5-8,13,17,19H,9-12,14-15H2,1-4H3,(H,31,36)(H,32,35)/t17-/m1/s1. The van der Waals surface area contributed by atoms with Crippen molar-refractivity contribution in [3.63, 3.8) is 0 Å². The smallest absolute Gasteiger partial charge is 0.348 e. The Morgan fingerprint density at radius 3 is 2.44 bits per heavy atom. The van der Waals surface area contributed by atoms with Crippen LogP contribution in [0, 0.1) is 19.8 Å². The highest BCUT2D eigenvalue weighted by atomic mass is 32.2. The van der Waals surface area contributed by atoms with Crippen LogP contribution in [0.25, 0.3) is 10.9 Å². The van der Waals surface area contributed by atoms with Crippen LogP contribution in [0.4, 0.5) is 13.2 Å². The summed E-state index contributed by atoms with van der Waals surface area (Å²) < 4.78 is 65.1. The van der Waals surface area contributed by atoms with Crippen molar-refractivity contribution in [1.82, 2.24) is 19.8 Å². The van der Waals surface area contributed by atoms with E-state index in [1.165, 1.54) is 11.0 Å². The lowest BCUT2D eigenvalue weighted by Gasteiger charge is -2.36. The summed E-state index contributed by atoms with van der Waals surface area (Å²) in [6.07, 6.45) is -2.00. The van der Waals surface area contributed by atoms with Gasteiger partial charge in [0.2, 0.25) is 0 Å². The number of benzene rings is 1. The normalized spacial score (nSPS) is 16.5. The summed E-state index contributed by atoms with van der Waals surface area (Å²) in [4.78, 5) is 29.9. The molecule has 39 heavy (non-hydrogen) atoms. The Morgan fingerprint density at radius 2 is 1.82 bits per heavy atom. The number of rotatable bonds is 7. The van der Waals surface area contributed by atoms with Crippen LogP contribution in [0.1, 0.15) is 53.1 Å². The second-order valence-corrected chi connectivity index (χ2v) is 12.4. The number of amides is 1. The van der Waals surface area contributed by atoms with Crippen molar-refractivity contribution in [2.75, 3.05) is 25.9 Å². The number of hydrogen-bond donors (Lipinski definition) is 2. The van der Waals surface area contributed by atoms with Crippen molar-refractivity contribution in [1.29, 1.82) is 0 Å². The van der Waals surface area contributed by atoms with Crippen molar-refractivity contribution in [3.05, 3.63) is 63.2 Å². The summed E-state index contributed by atoms with van der Waals surface area (Å²) >= 11 is 0. The van der Waals surface area contributed by atoms with E-state index in [1.54, 1.807) is 6.92 Å². The van der Waals surface area contributed by atoms with Crippen molar-refractivity contribution >= 4 is 26.6 Å². The van der Waals surface area contributed by atoms with Crippen molar-refractivity contribution < 1.29 is 26.4 Å². The van der Waals surface area contributed by atoms with E-state index in [9.17, 15) is 31.2 Å². The van der Waals surface area contributed by atoms with E-state index in [1.807, 2.05) is 38.1 Å². The highest BCUT2D eigenvalue weighted by Crippen LogP contribution is 2.36. The monoisotopic (exact) mass is 566 g/mol. The second-order valence-electron chi connectivity index (χ2n) is 10.4. The Kier molecular flexibility index (Phi) is 8.00. The number of hydrogen-bond acceptors (Lipinski definition) is 5. The molecule has 0 saturated carbocycles. The number of sulfone groups is 1. The molecule has 1 aliphatic heterocycles. The van der Waals surface area contributed by atoms with Gasteiger partial charge in [-0.15, -0.1) is 0 Å². The number of halogens is 3. The van der Waals surface area contributed by atoms with Crippen LogP contribution in [-0.2, 0) is 16.4 Å². The van der Waals surface area contributed by atoms with E-state index in [0.717, 1.165) is 11.8 Å². The van der Waals surface area contributed by atoms with Crippen LogP contribution in [0.15, 0.2) is 40.0 Å². The molecule has 2 N–H and O–H groups in total. The van der Waals surface area contributed by atoms with Crippen LogP contribution in [-0.4, -0.2) is 60.8 Å². The van der Waals surface area contributed by atoms with Crippen molar-refractivity contribution in [3.8, 4) is 0 Å². The molecule has 3 heterocycles. The first kappa shape index (κ1) is 28.9. The number of aromatic amines is 1. The van der Waals surface area contributed by atoms with Crippen molar-refractivity contribution in [2.45, 2.75) is 57.3 Å². The summed E-state index contributed by atoms with van der Waals surface area (Å²) in [7, 11) is -3.71. The molecule has 1 atom stereocenters. The first-order chi connectivity index (χ1) is 18.2. The molecule has 0 spiro atoms. The second kappa shape index (κ2) is 10.8. The number of fused-ring (bicyclic) bond motifs is 1. The third-order valence-electron chi connectivity index (χ3n) is 7.56. The number of nitrogens with one attached hydrogen (secondary N) is 2. The summed E-state index contributed by atoms with van der Waals surface area (Å²) in [5.74, 6) is -0.322. The zero-order valence-corrected chi connectivity index (χ0v) is 23.2. The summed E-state index contributed by atoms with van der Waals surface area (Å²) in [5, 5.41) is 3.43. The van der Waals surface area contributed by atoms with Crippen LogP contribution in [0.5, 0.6) is 0 Å². The van der Waals surface area contributed by atoms with Crippen LogP contribution in [0.2, 0.25) is 0 Å². The Bertz CT molecular complexity index is 1550. The number of aromatic nitrogens is 2. The molecule has 0 unspecified atom stereocenters. The summed E-state index contributed by atoms with van der Waals surface area (Å²) in [6, 6.07) is 8.71. The summed E-state index contributed by atoms with van der Waals surface area (Å²) in [5.41, 5.74) is 1.71. The van der Waals surface area contributed by atoms with E-state index in [-0.39, 0.29) is 29.0 Å². The first-order valence-corrected chi connectivity index (χ1v) is 14.7. The van der Waals surface area contributed by atoms with Gasteiger partial charge in [0, 0.05) is 41.1 Å². The number of carbonyl (C=O) groups excluding carboxylic acids is 1. The molecule has 12 heteroatoms. The lowest BCUT2D eigenvalue weighted by Crippen LogP contribution is -2.41. The maximum Gasteiger partial charge on any atom is 0.401 e. The Balaban J connectivity index is 1.61. The quantitative estimate of drug-likeness (QED) is 0.448. The largest absolute Gasteiger partial charge is 0.401 e. The SMILES string of the molecule is Cc1cc(S(C)(=O)=O)c(CNC(=O)c2c(C)n([C@H](C)C3CCN(CC(F)(F)F)CC3)c3ccccc23)c(=O)[nH]1. The summed E-state index contributed by atoms with van der Waals surface area (Å²) in [6.45, 7) is 4.96. The van der Waals surface area contributed by atoms with Gasteiger partial charge in [-0.05, 0) is 64.8 Å². The maximum atomic E-state index is 13.5. The number of aryl methyl sites for hydroxylation is 1. The molecular formula is C27H33F3N4O4S. The molecular weight excluding hydrogens is 533 g/mol. The van der Waals surface area contributed by atoms with Crippen LogP contribution in [0.3, 0.4) is 0 Å². The van der Waals surface area contributed by atoms with Crippen molar-refractivity contribution in [2.24, 2.45) is 5.92 Å². The number of likely N-dealkylation sites (tertiary alicyclic amines) is 1. The zero-order valence-electron chi connectivity index (χ0n) is 22.4. The third kappa shape index (κ3) is 6.22. The van der Waals surface area contributed by atoms with E-state index in [0.29, 0.717) is 48.3 Å². The molecule has 2 aromatic heterocycles. The highest BCUT2D eigenvalue weighted by Gasteiger charge is 2.34. The number of piperidine rings is 1. The Morgan fingerprint density at radius 1 is 1.18 bits per heavy atom. The van der Waals surface area contributed by atoms with Gasteiger partial charge in [0.05, 0.1) is 22.6 Å². The van der Waals surface area contributed by atoms with Gasteiger partial charge in [-0.2, -0.15) is 13.2 Å². The molecule has 0 bridgehead atoms. The van der Waals surface area contributed by atoms with Crippen LogP contribution < -0.4 is 10.9 Å². The molecule has 1 fully saturated rings. The number of para-hydroxylation sites is 1. The number of carbonyl (C=O) groups is 1. The first-order valence-electron chi connectivity index (χ1n) is 12.8. The lowest BCUT2D eigenvalue weighted by atomic mass is 9.90. The molecule has 1 amide bonds. The molecule has 8 nitrogen and oxygen atoms in total. The van der Waals surface area contributed by atoms with E-state index >= 15 is 0 Å². The Hall–Kier alpha value is -3.12. The van der Waals surface area contributed by atoms with Gasteiger partial charge in [0.15, 0.2) is 9.84 Å². The fourth-order valence-corrected chi connectivity index (χ4v) is 6.71. The molecule has 0 aliphatic carbocycles. The van der Waals surface area contributed by atoms with E-state index in [2.05, 4.69) is 14.9 Å². The Labute approximate surface area is 225 Å². The molecule has 1 aliphatic rings. The highest BCUT2D eigenvalue weighted by molar-refractivity contribution is 7.90. The topological polar surface area (TPSA) is 104 Å². The number of H-pyrrole nitrogens is 1. The molecule has 1 saturated heterocycles.